The second-order valence-electron chi connectivity index (χ2n) is 20.2. The molecule has 0 fully saturated rings. The average molecular weight is 877 g/mol. The Morgan fingerprint density at radius 3 is 0.790 bits per heavy atom. The van der Waals surface area contributed by atoms with E-state index in [0.717, 1.165) is 69.6 Å². The van der Waals surface area contributed by atoms with Gasteiger partial charge in [0.1, 0.15) is 13.2 Å². The van der Waals surface area contributed by atoms with Crippen molar-refractivity contribution in [3.63, 3.8) is 0 Å². The number of carbonyl (C=O) groups is 3. The minimum Gasteiger partial charge on any atom is -0.462 e. The molecule has 0 amide bonds. The topological polar surface area (TPSA) is 78.9 Å². The molecular weight excluding hydrogens is 769 g/mol. The Balaban J connectivity index is 4.28. The predicted octanol–water partition coefficient (Wildman–Crippen LogP) is 18.1. The second kappa shape index (κ2) is 48.9. The molecule has 62 heavy (non-hydrogen) atoms. The molecule has 0 unspecified atom stereocenters. The molecule has 0 radical (unpaired) electrons. The van der Waals surface area contributed by atoms with Gasteiger partial charge in [-0.05, 0) is 31.1 Å². The standard InChI is InChI=1S/C56H108O6/c1-6-7-8-9-10-11-12-13-14-15-16-17-18-23-26-33-38-43-48-56(59)62-53(50-61-55(58)47-42-37-32-28-27-30-35-40-45-52(4)5)49-60-54(57)46-41-36-31-25-22-20-19-21-24-29-34-39-44-51(2)3/h51-53H,6-50H2,1-5H3/t53-/m1/s1. The number of rotatable bonds is 50. The van der Waals surface area contributed by atoms with Crippen molar-refractivity contribution in [2.45, 2.75) is 317 Å². The van der Waals surface area contributed by atoms with Gasteiger partial charge in [0, 0.05) is 19.3 Å². The molecule has 0 saturated carbocycles. The van der Waals surface area contributed by atoms with Crippen LogP contribution in [0.4, 0.5) is 0 Å². The molecule has 0 aliphatic rings. The Bertz CT molecular complexity index is 947. The summed E-state index contributed by atoms with van der Waals surface area (Å²) in [6.45, 7) is 11.4. The summed E-state index contributed by atoms with van der Waals surface area (Å²) in [5.74, 6) is 0.785. The highest BCUT2D eigenvalue weighted by atomic mass is 16.6. The maximum absolute atomic E-state index is 12.8. The third-order valence-corrected chi connectivity index (χ3v) is 12.7. The van der Waals surface area contributed by atoms with Crippen LogP contribution in [0.15, 0.2) is 0 Å². The Kier molecular flexibility index (Phi) is 47.6. The van der Waals surface area contributed by atoms with E-state index in [9.17, 15) is 14.4 Å². The van der Waals surface area contributed by atoms with Crippen molar-refractivity contribution in [2.24, 2.45) is 11.8 Å². The second-order valence-corrected chi connectivity index (χ2v) is 20.2. The lowest BCUT2D eigenvalue weighted by molar-refractivity contribution is -0.167. The zero-order chi connectivity index (χ0) is 45.4. The van der Waals surface area contributed by atoms with Gasteiger partial charge < -0.3 is 14.2 Å². The van der Waals surface area contributed by atoms with Gasteiger partial charge in [-0.3, -0.25) is 14.4 Å². The zero-order valence-corrected chi connectivity index (χ0v) is 42.5. The number of carbonyl (C=O) groups excluding carboxylic acids is 3. The van der Waals surface area contributed by atoms with Gasteiger partial charge in [0.15, 0.2) is 6.10 Å². The predicted molar refractivity (Wildman–Crippen MR) is 266 cm³/mol. The first-order valence-electron chi connectivity index (χ1n) is 27.7. The normalized spacial score (nSPS) is 12.0. The fourth-order valence-corrected chi connectivity index (χ4v) is 8.52. The molecule has 6 heteroatoms. The van der Waals surface area contributed by atoms with Gasteiger partial charge in [-0.2, -0.15) is 0 Å². The molecule has 0 aliphatic heterocycles. The highest BCUT2D eigenvalue weighted by Crippen LogP contribution is 2.18. The molecule has 368 valence electrons. The summed E-state index contributed by atoms with van der Waals surface area (Å²) in [5, 5.41) is 0. The molecule has 6 nitrogen and oxygen atoms in total. The van der Waals surface area contributed by atoms with Crippen LogP contribution >= 0.6 is 0 Å². The maximum atomic E-state index is 12.8. The number of esters is 3. The molecule has 0 saturated heterocycles. The highest BCUT2D eigenvalue weighted by Gasteiger charge is 2.19. The van der Waals surface area contributed by atoms with Crippen molar-refractivity contribution in [3.8, 4) is 0 Å². The lowest BCUT2D eigenvalue weighted by Crippen LogP contribution is -2.30. The molecular formula is C56H108O6. The quantitative estimate of drug-likeness (QED) is 0.0344. The van der Waals surface area contributed by atoms with Crippen LogP contribution in [0.2, 0.25) is 0 Å². The van der Waals surface area contributed by atoms with Crippen molar-refractivity contribution in [2.75, 3.05) is 13.2 Å². The van der Waals surface area contributed by atoms with Crippen LogP contribution in [0.3, 0.4) is 0 Å². The van der Waals surface area contributed by atoms with E-state index in [1.54, 1.807) is 0 Å². The first-order chi connectivity index (χ1) is 30.2. The van der Waals surface area contributed by atoms with Crippen molar-refractivity contribution in [3.05, 3.63) is 0 Å². The van der Waals surface area contributed by atoms with Crippen molar-refractivity contribution >= 4 is 17.9 Å². The average Bonchev–Trinajstić information content (AvgIpc) is 3.24. The zero-order valence-electron chi connectivity index (χ0n) is 42.5. The van der Waals surface area contributed by atoms with Gasteiger partial charge in [0.25, 0.3) is 0 Å². The van der Waals surface area contributed by atoms with Crippen molar-refractivity contribution in [1.82, 2.24) is 0 Å². The molecule has 0 rings (SSSR count). The SMILES string of the molecule is CCCCCCCCCCCCCCCCCCCCC(=O)O[C@H](COC(=O)CCCCCCCCCCCCCCC(C)C)COC(=O)CCCCCCCCCCC(C)C. The third kappa shape index (κ3) is 49.4. The van der Waals surface area contributed by atoms with Gasteiger partial charge in [-0.15, -0.1) is 0 Å². The summed E-state index contributed by atoms with van der Waals surface area (Å²) >= 11 is 0. The van der Waals surface area contributed by atoms with E-state index >= 15 is 0 Å². The van der Waals surface area contributed by atoms with Crippen LogP contribution in [0.25, 0.3) is 0 Å². The van der Waals surface area contributed by atoms with Gasteiger partial charge in [-0.25, -0.2) is 0 Å². The molecule has 1 atom stereocenters. The van der Waals surface area contributed by atoms with Crippen LogP contribution in [0.5, 0.6) is 0 Å². The van der Waals surface area contributed by atoms with E-state index in [0.29, 0.717) is 19.3 Å². The Labute approximate surface area is 387 Å². The summed E-state index contributed by atoms with van der Waals surface area (Å²) < 4.78 is 16.8. The summed E-state index contributed by atoms with van der Waals surface area (Å²) in [6, 6.07) is 0. The Hall–Kier alpha value is -1.59. The van der Waals surface area contributed by atoms with E-state index in [1.165, 1.54) is 199 Å². The monoisotopic (exact) mass is 877 g/mol. The summed E-state index contributed by atoms with van der Waals surface area (Å²) in [6.07, 6.45) is 51.0. The summed E-state index contributed by atoms with van der Waals surface area (Å²) in [7, 11) is 0. The van der Waals surface area contributed by atoms with E-state index < -0.39 is 6.10 Å². The van der Waals surface area contributed by atoms with Gasteiger partial charge in [0.05, 0.1) is 0 Å². The molecule has 0 N–H and O–H groups in total. The van der Waals surface area contributed by atoms with Crippen molar-refractivity contribution in [1.29, 1.82) is 0 Å². The minimum atomic E-state index is -0.762. The van der Waals surface area contributed by atoms with Crippen LogP contribution < -0.4 is 0 Å². The lowest BCUT2D eigenvalue weighted by Gasteiger charge is -2.18. The molecule has 0 spiro atoms. The minimum absolute atomic E-state index is 0.0636. The third-order valence-electron chi connectivity index (χ3n) is 12.7. The van der Waals surface area contributed by atoms with Crippen LogP contribution in [-0.4, -0.2) is 37.2 Å². The van der Waals surface area contributed by atoms with E-state index in [-0.39, 0.29) is 31.1 Å². The summed E-state index contributed by atoms with van der Waals surface area (Å²) in [4.78, 5) is 38.0. The molecule has 0 bridgehead atoms. The smallest absolute Gasteiger partial charge is 0.306 e. The number of ether oxygens (including phenoxy) is 3. The molecule has 0 aliphatic carbocycles. The number of hydrogen-bond acceptors (Lipinski definition) is 6. The molecule has 0 aromatic rings. The lowest BCUT2D eigenvalue weighted by atomic mass is 10.0. The van der Waals surface area contributed by atoms with Gasteiger partial charge in [0.2, 0.25) is 0 Å². The molecule has 0 aromatic heterocycles. The fraction of sp³-hybridized carbons (Fsp3) is 0.946. The first kappa shape index (κ1) is 60.4. The first-order valence-corrected chi connectivity index (χ1v) is 27.7. The maximum Gasteiger partial charge on any atom is 0.306 e. The van der Waals surface area contributed by atoms with Crippen LogP contribution in [0, 0.1) is 11.8 Å². The van der Waals surface area contributed by atoms with Crippen LogP contribution in [0.1, 0.15) is 311 Å². The fourth-order valence-electron chi connectivity index (χ4n) is 8.52. The Morgan fingerprint density at radius 1 is 0.306 bits per heavy atom. The number of unbranched alkanes of at least 4 members (excludes halogenated alkanes) is 35. The Morgan fingerprint density at radius 2 is 0.532 bits per heavy atom. The number of hydrogen-bond donors (Lipinski definition) is 0. The summed E-state index contributed by atoms with van der Waals surface area (Å²) in [5.41, 5.74) is 0. The van der Waals surface area contributed by atoms with Crippen molar-refractivity contribution < 1.29 is 28.6 Å². The van der Waals surface area contributed by atoms with Gasteiger partial charge >= 0.3 is 17.9 Å². The highest BCUT2D eigenvalue weighted by molar-refractivity contribution is 5.71. The molecule has 0 heterocycles. The van der Waals surface area contributed by atoms with E-state index in [2.05, 4.69) is 34.6 Å². The largest absolute Gasteiger partial charge is 0.462 e. The van der Waals surface area contributed by atoms with Gasteiger partial charge in [-0.1, -0.05) is 272 Å². The van der Waals surface area contributed by atoms with E-state index in [4.69, 9.17) is 14.2 Å². The molecule has 0 aromatic carbocycles. The van der Waals surface area contributed by atoms with Crippen LogP contribution in [-0.2, 0) is 28.6 Å². The van der Waals surface area contributed by atoms with E-state index in [1.807, 2.05) is 0 Å².